The van der Waals surface area contributed by atoms with Crippen LogP contribution < -0.4 is 14.9 Å². The number of benzene rings is 1. The second-order valence-electron chi connectivity index (χ2n) is 9.51. The molecular weight excluding hydrogens is 590 g/mol. The average molecular weight is 615 g/mol. The highest BCUT2D eigenvalue weighted by Crippen LogP contribution is 2.38. The Labute approximate surface area is 239 Å². The Bertz CT molecular complexity index is 1490. The van der Waals surface area contributed by atoms with Crippen molar-refractivity contribution in [1.29, 1.82) is 0 Å². The number of rotatable bonds is 8. The first-order valence-electron chi connectivity index (χ1n) is 12.2. The number of hydrogen-bond acceptors (Lipinski definition) is 9. The molecule has 1 unspecified atom stereocenters. The zero-order valence-electron chi connectivity index (χ0n) is 21.1. The molecule has 11 nitrogen and oxygen atoms in total. The third-order valence-electron chi connectivity index (χ3n) is 7.03. The number of ether oxygens (including phenoxy) is 1. The van der Waals surface area contributed by atoms with Crippen LogP contribution in [0.1, 0.15) is 18.4 Å². The number of carbonyl (C=O) groups excluding carboxylic acids is 2. The molecule has 3 aromatic rings. The van der Waals surface area contributed by atoms with E-state index in [0.717, 1.165) is 21.0 Å². The monoisotopic (exact) mass is 614 g/mol. The summed E-state index contributed by atoms with van der Waals surface area (Å²) in [5.74, 6) is -3.78. The van der Waals surface area contributed by atoms with Crippen molar-refractivity contribution in [3.05, 3.63) is 41.2 Å². The Balaban J connectivity index is 1.39. The highest BCUT2D eigenvalue weighted by molar-refractivity contribution is 7.81. The van der Waals surface area contributed by atoms with E-state index in [9.17, 15) is 27.1 Å². The lowest BCUT2D eigenvalue weighted by molar-refractivity contribution is -0.151. The molecule has 40 heavy (non-hydrogen) atoms. The fourth-order valence-electron chi connectivity index (χ4n) is 5.04. The molecule has 4 heterocycles. The van der Waals surface area contributed by atoms with E-state index < -0.39 is 47.7 Å². The highest BCUT2D eigenvalue weighted by atomic mass is 35.5. The molecule has 0 saturated carbocycles. The number of carbonyl (C=O) groups is 2. The number of fused-ring (bicyclic) bond motifs is 1. The van der Waals surface area contributed by atoms with Crippen molar-refractivity contribution < 1.29 is 31.9 Å². The van der Waals surface area contributed by atoms with Crippen molar-refractivity contribution >= 4 is 72.8 Å². The summed E-state index contributed by atoms with van der Waals surface area (Å²) < 4.78 is 55.9. The zero-order chi connectivity index (χ0) is 28.8. The maximum Gasteiger partial charge on any atom is 0.328 e. The van der Waals surface area contributed by atoms with Crippen LogP contribution in [0.2, 0.25) is 5.02 Å². The summed E-state index contributed by atoms with van der Waals surface area (Å²) in [5, 5.41) is 2.15. The lowest BCUT2D eigenvalue weighted by atomic mass is 10.0. The average Bonchev–Trinajstić information content (AvgIpc) is 3.62. The second-order valence-corrected chi connectivity index (χ2v) is 11.8. The molecule has 0 aliphatic carbocycles. The molecule has 3 atom stereocenters. The number of alkyl halides is 2. The predicted octanol–water partition coefficient (Wildman–Crippen LogP) is 3.10. The summed E-state index contributed by atoms with van der Waals surface area (Å²) >= 11 is 4.82. The van der Waals surface area contributed by atoms with Crippen LogP contribution in [-0.2, 0) is 32.0 Å². The Hall–Kier alpha value is -3.14. The molecule has 3 N–H and O–H groups in total. The number of anilines is 3. The number of aromatic nitrogens is 2. The van der Waals surface area contributed by atoms with Crippen LogP contribution in [0.25, 0.3) is 10.8 Å². The van der Waals surface area contributed by atoms with Gasteiger partial charge in [-0.05, 0) is 35.6 Å². The van der Waals surface area contributed by atoms with Crippen LogP contribution in [0.3, 0.4) is 0 Å². The molecular formula is C24H25ClF2N6O5S2. The van der Waals surface area contributed by atoms with E-state index in [1.165, 1.54) is 23.1 Å². The maximum absolute atomic E-state index is 13.7. The van der Waals surface area contributed by atoms with Crippen molar-refractivity contribution in [1.82, 2.24) is 14.9 Å². The second kappa shape index (κ2) is 11.0. The largest absolute Gasteiger partial charge is 0.467 e. The SMILES string of the molecule is COC(=O)[C@@H](Cc1cc2ccnc(N)c2cc1Cl)N1CC[C@H](N(c2cnc(N3CCC(F)(F)C3)s2)S(=O)O)C1=O. The van der Waals surface area contributed by atoms with Crippen LogP contribution in [0.15, 0.2) is 30.6 Å². The van der Waals surface area contributed by atoms with Crippen molar-refractivity contribution in [3.63, 3.8) is 0 Å². The standard InChI is InChI=1S/C24H25ClF2N6O5S2/c1-38-22(35)18(9-14-8-13-2-5-29-20(28)15(13)10-16(14)25)32-6-3-17(21(32)34)33(40(36)37)19-11-30-23(39-19)31-7-4-24(26,27)12-31/h2,5,8,10-11,17-18H,3-4,6-7,9,12H2,1H3,(H2,28,29)(H,36,37)/t17-,18+/m0/s1. The number of likely N-dealkylation sites (tertiary alicyclic amines) is 1. The zero-order valence-corrected chi connectivity index (χ0v) is 23.5. The van der Waals surface area contributed by atoms with E-state index in [2.05, 4.69) is 9.97 Å². The molecule has 214 valence electrons. The molecule has 5 rings (SSSR count). The van der Waals surface area contributed by atoms with Crippen molar-refractivity contribution in [2.24, 2.45) is 0 Å². The number of esters is 1. The summed E-state index contributed by atoms with van der Waals surface area (Å²) in [4.78, 5) is 37.4. The number of halogens is 3. The van der Waals surface area contributed by atoms with E-state index in [1.807, 2.05) is 0 Å². The number of pyridine rings is 1. The van der Waals surface area contributed by atoms with Crippen molar-refractivity contribution in [2.75, 3.05) is 41.7 Å². The van der Waals surface area contributed by atoms with E-state index in [1.54, 1.807) is 24.4 Å². The number of nitrogens with two attached hydrogens (primary N) is 1. The number of nitrogen functional groups attached to an aromatic ring is 1. The van der Waals surface area contributed by atoms with Gasteiger partial charge in [0.25, 0.3) is 17.2 Å². The third kappa shape index (κ3) is 5.42. The van der Waals surface area contributed by atoms with Gasteiger partial charge < -0.3 is 20.3 Å². The van der Waals surface area contributed by atoms with Gasteiger partial charge >= 0.3 is 5.97 Å². The van der Waals surface area contributed by atoms with E-state index in [-0.39, 0.29) is 42.5 Å². The quantitative estimate of drug-likeness (QED) is 0.289. The smallest absolute Gasteiger partial charge is 0.328 e. The van der Waals surface area contributed by atoms with Crippen LogP contribution in [0.4, 0.5) is 24.7 Å². The number of amides is 1. The molecule has 0 bridgehead atoms. The number of nitrogens with zero attached hydrogens (tertiary/aromatic N) is 5. The molecule has 1 aromatic carbocycles. The Kier molecular flexibility index (Phi) is 7.83. The molecule has 2 fully saturated rings. The molecule has 0 spiro atoms. The van der Waals surface area contributed by atoms with Gasteiger partial charge in [-0.25, -0.2) is 32.1 Å². The summed E-state index contributed by atoms with van der Waals surface area (Å²) in [7, 11) is 1.21. The fraction of sp³-hybridized carbons (Fsp3) is 0.417. The number of hydrogen-bond donors (Lipinski definition) is 2. The molecule has 1 amide bonds. The Morgan fingerprint density at radius 1 is 1.40 bits per heavy atom. The Morgan fingerprint density at radius 3 is 2.85 bits per heavy atom. The van der Waals surface area contributed by atoms with E-state index in [4.69, 9.17) is 22.1 Å². The van der Waals surface area contributed by atoms with Gasteiger partial charge in [-0.15, -0.1) is 0 Å². The van der Waals surface area contributed by atoms with Crippen molar-refractivity contribution in [3.8, 4) is 0 Å². The molecule has 2 aliphatic rings. The molecule has 2 aromatic heterocycles. The first-order valence-corrected chi connectivity index (χ1v) is 14.4. The fourth-order valence-corrected chi connectivity index (χ4v) is 7.10. The van der Waals surface area contributed by atoms with Crippen LogP contribution in [0.5, 0.6) is 0 Å². The van der Waals surface area contributed by atoms with Gasteiger partial charge in [-0.2, -0.15) is 0 Å². The van der Waals surface area contributed by atoms with E-state index >= 15 is 0 Å². The first-order chi connectivity index (χ1) is 19.0. The van der Waals surface area contributed by atoms with Crippen LogP contribution >= 0.6 is 22.9 Å². The third-order valence-corrected chi connectivity index (χ3v) is 9.34. The minimum absolute atomic E-state index is 0.0260. The molecule has 0 radical (unpaired) electrons. The normalized spacial score (nSPS) is 20.2. The maximum atomic E-state index is 13.7. The van der Waals surface area contributed by atoms with E-state index in [0.29, 0.717) is 21.8 Å². The topological polar surface area (TPSA) is 142 Å². The lowest BCUT2D eigenvalue weighted by Crippen LogP contribution is -2.49. The summed E-state index contributed by atoms with van der Waals surface area (Å²) in [6.07, 6.45) is 2.67. The molecule has 16 heteroatoms. The highest BCUT2D eigenvalue weighted by Gasteiger charge is 2.45. The predicted molar refractivity (Wildman–Crippen MR) is 148 cm³/mol. The number of thiazole rings is 1. The van der Waals surface area contributed by atoms with Gasteiger partial charge in [0, 0.05) is 42.5 Å². The Morgan fingerprint density at radius 2 is 2.17 bits per heavy atom. The first kappa shape index (κ1) is 28.4. The van der Waals surface area contributed by atoms with Crippen LogP contribution in [-0.4, -0.2) is 80.3 Å². The van der Waals surface area contributed by atoms with Gasteiger partial charge in [0.15, 0.2) is 5.13 Å². The molecule has 2 aliphatic heterocycles. The molecule has 2 saturated heterocycles. The minimum atomic E-state index is -2.84. The van der Waals surface area contributed by atoms with Gasteiger partial charge in [-0.3, -0.25) is 9.35 Å². The van der Waals surface area contributed by atoms with Gasteiger partial charge in [-0.1, -0.05) is 22.9 Å². The van der Waals surface area contributed by atoms with Crippen LogP contribution in [0, 0.1) is 0 Å². The summed E-state index contributed by atoms with van der Waals surface area (Å²) in [6.45, 7) is -0.303. The minimum Gasteiger partial charge on any atom is -0.467 e. The van der Waals surface area contributed by atoms with Gasteiger partial charge in [0.05, 0.1) is 19.9 Å². The number of methoxy groups -OCH3 is 1. The summed E-state index contributed by atoms with van der Waals surface area (Å²) in [6, 6.07) is 3.00. The summed E-state index contributed by atoms with van der Waals surface area (Å²) in [5.41, 5.74) is 6.52. The van der Waals surface area contributed by atoms with Gasteiger partial charge in [0.2, 0.25) is 5.91 Å². The lowest BCUT2D eigenvalue weighted by Gasteiger charge is -2.28. The van der Waals surface area contributed by atoms with Crippen molar-refractivity contribution in [2.45, 2.75) is 37.3 Å². The van der Waals surface area contributed by atoms with Gasteiger partial charge in [0.1, 0.15) is 22.9 Å².